The summed E-state index contributed by atoms with van der Waals surface area (Å²) in [6, 6.07) is 52.6. The summed E-state index contributed by atoms with van der Waals surface area (Å²) in [6.45, 7) is 6.14. The molecule has 0 N–H and O–H groups in total. The van der Waals surface area contributed by atoms with E-state index in [-0.39, 0.29) is 6.04 Å². The lowest BCUT2D eigenvalue weighted by Crippen LogP contribution is -1.93. The normalized spacial score (nSPS) is 14.6. The first-order chi connectivity index (χ1) is 26.7. The van der Waals surface area contributed by atoms with Crippen LogP contribution in [-0.4, -0.2) is 10.8 Å². The zero-order valence-corrected chi connectivity index (χ0v) is 31.8. The molecule has 54 heavy (non-hydrogen) atoms. The third-order valence-electron chi connectivity index (χ3n) is 10.7. The summed E-state index contributed by atoms with van der Waals surface area (Å²) in [5.74, 6) is 0. The minimum absolute atomic E-state index is 0.132. The summed E-state index contributed by atoms with van der Waals surface area (Å²) in [7, 11) is 0. The number of thiophene rings is 1. The van der Waals surface area contributed by atoms with Crippen molar-refractivity contribution in [2.24, 2.45) is 4.99 Å². The molecule has 1 aliphatic heterocycles. The van der Waals surface area contributed by atoms with Crippen molar-refractivity contribution in [2.75, 3.05) is 0 Å². The van der Waals surface area contributed by atoms with Gasteiger partial charge < -0.3 is 4.57 Å². The average Bonchev–Trinajstić information content (AvgIpc) is 3.97. The Kier molecular flexibility index (Phi) is 9.02. The minimum atomic E-state index is 0.132. The highest BCUT2D eigenvalue weighted by atomic mass is 32.1. The van der Waals surface area contributed by atoms with E-state index in [9.17, 15) is 0 Å². The molecule has 2 aliphatic rings. The average molecular weight is 715 g/mol. The van der Waals surface area contributed by atoms with Crippen molar-refractivity contribution in [3.63, 3.8) is 0 Å². The number of aryl methyl sites for hydroxylation is 2. The number of aliphatic imine (C=N–C) groups is 1. The van der Waals surface area contributed by atoms with E-state index >= 15 is 0 Å². The van der Waals surface area contributed by atoms with Crippen molar-refractivity contribution >= 4 is 82.6 Å². The van der Waals surface area contributed by atoms with Gasteiger partial charge in [-0.1, -0.05) is 153 Å². The van der Waals surface area contributed by atoms with Gasteiger partial charge in [-0.25, -0.2) is 0 Å². The molecule has 0 saturated carbocycles. The maximum absolute atomic E-state index is 4.79. The van der Waals surface area contributed by atoms with Crippen molar-refractivity contribution in [1.82, 2.24) is 4.57 Å². The number of aromatic nitrogens is 1. The fourth-order valence-electron chi connectivity index (χ4n) is 8.13. The summed E-state index contributed by atoms with van der Waals surface area (Å²) in [5.41, 5.74) is 10.2. The van der Waals surface area contributed by atoms with Crippen LogP contribution in [-0.2, 0) is 6.42 Å². The van der Waals surface area contributed by atoms with Crippen molar-refractivity contribution in [1.29, 1.82) is 0 Å². The Bertz CT molecular complexity index is 2810. The lowest BCUT2D eigenvalue weighted by Gasteiger charge is -2.09. The summed E-state index contributed by atoms with van der Waals surface area (Å²) in [5, 5.41) is 9.26. The fourth-order valence-corrected chi connectivity index (χ4v) is 9.48. The van der Waals surface area contributed by atoms with Gasteiger partial charge in [-0.2, -0.15) is 0 Å². The van der Waals surface area contributed by atoms with Crippen LogP contribution in [0.15, 0.2) is 163 Å². The molecule has 0 radical (unpaired) electrons. The maximum Gasteiger partial charge on any atom is 0.0953 e. The summed E-state index contributed by atoms with van der Waals surface area (Å²) < 4.78 is 3.81. The second kappa shape index (κ2) is 14.4. The Morgan fingerprint density at radius 3 is 1.94 bits per heavy atom. The highest BCUT2D eigenvalue weighted by Gasteiger charge is 2.21. The first-order valence-corrected chi connectivity index (χ1v) is 19.9. The van der Waals surface area contributed by atoms with Gasteiger partial charge in [0.05, 0.1) is 17.1 Å². The molecule has 0 amide bonds. The molecule has 1 atom stereocenters. The van der Waals surface area contributed by atoms with Gasteiger partial charge in [0.1, 0.15) is 0 Å². The number of allylic oxidation sites excluding steroid dienone is 2. The first-order valence-electron chi connectivity index (χ1n) is 19.1. The first kappa shape index (κ1) is 33.8. The quantitative estimate of drug-likeness (QED) is 0.173. The van der Waals surface area contributed by atoms with Crippen molar-refractivity contribution in [3.05, 3.63) is 185 Å². The molecule has 7 aromatic carbocycles. The van der Waals surface area contributed by atoms with Crippen LogP contribution in [0.3, 0.4) is 0 Å². The molecule has 9 aromatic rings. The zero-order valence-electron chi connectivity index (χ0n) is 31.0. The van der Waals surface area contributed by atoms with Gasteiger partial charge >= 0.3 is 0 Å². The summed E-state index contributed by atoms with van der Waals surface area (Å²) >= 11 is 1.96. The van der Waals surface area contributed by atoms with E-state index in [1.54, 1.807) is 0 Å². The molecule has 11 rings (SSSR count). The van der Waals surface area contributed by atoms with E-state index in [4.69, 9.17) is 4.99 Å². The van der Waals surface area contributed by atoms with Crippen LogP contribution in [0.1, 0.15) is 53.4 Å². The summed E-state index contributed by atoms with van der Waals surface area (Å²) in [6.07, 6.45) is 11.2. The molecular formula is C51H42N2S. The Labute approximate surface area is 321 Å². The number of hydrogen-bond acceptors (Lipinski definition) is 2. The molecule has 2 nitrogen and oxygen atoms in total. The SMILES string of the molecule is C1=Cc2c(sc3c(C4C=C(c5ccccc5)C=N4)cccc23)CC1.CC.Cc1ccc(-n2c3ccc4ccccc4c3c3c4ccccc4ccc32)cc1. The molecule has 1 unspecified atom stereocenters. The largest absolute Gasteiger partial charge is 0.309 e. The number of hydrogen-bond donors (Lipinski definition) is 0. The monoisotopic (exact) mass is 714 g/mol. The Balaban J connectivity index is 0.000000138. The van der Waals surface area contributed by atoms with Crippen LogP contribution in [0.4, 0.5) is 0 Å². The van der Waals surface area contributed by atoms with E-state index < -0.39 is 0 Å². The van der Waals surface area contributed by atoms with E-state index in [1.807, 2.05) is 31.4 Å². The third-order valence-corrected chi connectivity index (χ3v) is 12.0. The van der Waals surface area contributed by atoms with Gasteiger partial charge in [-0.05, 0) is 93.9 Å². The van der Waals surface area contributed by atoms with Gasteiger partial charge in [-0.15, -0.1) is 11.3 Å². The second-order valence-corrected chi connectivity index (χ2v) is 15.0. The van der Waals surface area contributed by atoms with E-state index in [0.717, 1.165) is 6.42 Å². The predicted molar refractivity (Wildman–Crippen MR) is 237 cm³/mol. The van der Waals surface area contributed by atoms with Crippen molar-refractivity contribution in [3.8, 4) is 5.69 Å². The van der Waals surface area contributed by atoms with E-state index in [1.165, 1.54) is 98.2 Å². The summed E-state index contributed by atoms with van der Waals surface area (Å²) in [4.78, 5) is 6.31. The van der Waals surface area contributed by atoms with Crippen LogP contribution < -0.4 is 0 Å². The zero-order chi connectivity index (χ0) is 36.6. The fraction of sp³-hybridized carbons (Fsp3) is 0.118. The molecule has 2 aromatic heterocycles. The van der Waals surface area contributed by atoms with Crippen LogP contribution >= 0.6 is 11.3 Å². The van der Waals surface area contributed by atoms with Crippen LogP contribution in [0, 0.1) is 6.92 Å². The molecule has 0 bridgehead atoms. The number of rotatable bonds is 3. The molecule has 0 saturated heterocycles. The molecule has 0 spiro atoms. The predicted octanol–water partition coefficient (Wildman–Crippen LogP) is 14.5. The maximum atomic E-state index is 4.79. The van der Waals surface area contributed by atoms with Gasteiger partial charge in [-0.3, -0.25) is 4.99 Å². The van der Waals surface area contributed by atoms with Crippen LogP contribution in [0.5, 0.6) is 0 Å². The van der Waals surface area contributed by atoms with Crippen LogP contribution in [0.2, 0.25) is 0 Å². The molecule has 3 heterocycles. The Morgan fingerprint density at radius 2 is 1.26 bits per heavy atom. The molecule has 1 aliphatic carbocycles. The number of nitrogens with zero attached hydrogens (tertiary/aromatic N) is 2. The molecule has 262 valence electrons. The minimum Gasteiger partial charge on any atom is -0.309 e. The lowest BCUT2D eigenvalue weighted by atomic mass is 9.98. The van der Waals surface area contributed by atoms with Crippen LogP contribution in [0.25, 0.3) is 70.8 Å². The van der Waals surface area contributed by atoms with Gasteiger partial charge in [0, 0.05) is 37.6 Å². The van der Waals surface area contributed by atoms with Crippen molar-refractivity contribution < 1.29 is 0 Å². The number of fused-ring (bicyclic) bond motifs is 10. The third kappa shape index (κ3) is 5.86. The standard InChI is InChI=1S/C27H19N.C22H17NS.C2H6/c1-18-10-14-21(15-11-18)28-24-16-12-19-6-2-4-8-22(19)26(24)27-23-9-5-3-7-20(23)13-17-25(27)28;1-2-7-15(8-3-1)16-13-20(23-14-16)19-11-6-10-18-17-9-4-5-12-21(17)24-22(18)19;1-2/h2-17H,1H3;1-4,6-11,13-14,20H,5,12H2;1-2H3. The van der Waals surface area contributed by atoms with Gasteiger partial charge in [0.2, 0.25) is 0 Å². The van der Waals surface area contributed by atoms with Crippen molar-refractivity contribution in [2.45, 2.75) is 39.7 Å². The Hall–Kier alpha value is -6.03. The second-order valence-electron chi connectivity index (χ2n) is 13.8. The van der Waals surface area contributed by atoms with Gasteiger partial charge in [0.15, 0.2) is 0 Å². The molecule has 0 fully saturated rings. The van der Waals surface area contributed by atoms with Gasteiger partial charge in [0.25, 0.3) is 0 Å². The highest BCUT2D eigenvalue weighted by Crippen LogP contribution is 2.42. The highest BCUT2D eigenvalue weighted by molar-refractivity contribution is 7.19. The molecular weight excluding hydrogens is 673 g/mol. The topological polar surface area (TPSA) is 17.3 Å². The molecule has 3 heteroatoms. The smallest absolute Gasteiger partial charge is 0.0953 e. The lowest BCUT2D eigenvalue weighted by molar-refractivity contribution is 0.950. The number of benzene rings is 7. The van der Waals surface area contributed by atoms with E-state index in [0.29, 0.717) is 0 Å². The van der Waals surface area contributed by atoms with E-state index in [2.05, 4.69) is 175 Å². The Morgan fingerprint density at radius 1 is 0.630 bits per heavy atom.